The lowest BCUT2D eigenvalue weighted by atomic mass is 10.2. The van der Waals surface area contributed by atoms with E-state index in [1.54, 1.807) is 10.9 Å². The summed E-state index contributed by atoms with van der Waals surface area (Å²) in [5.74, 6) is 0. The minimum Gasteiger partial charge on any atom is -0.308 e. The van der Waals surface area contributed by atoms with Gasteiger partial charge in [-0.05, 0) is 39.6 Å². The van der Waals surface area contributed by atoms with Gasteiger partial charge in [-0.1, -0.05) is 0 Å². The summed E-state index contributed by atoms with van der Waals surface area (Å²) in [4.78, 5) is 24.6. The van der Waals surface area contributed by atoms with E-state index in [2.05, 4.69) is 20.9 Å². The van der Waals surface area contributed by atoms with Crippen LogP contribution in [0.4, 0.5) is 0 Å². The second-order valence-electron chi connectivity index (χ2n) is 5.57. The minimum absolute atomic E-state index is 0.0279. The molecule has 0 radical (unpaired) electrons. The van der Waals surface area contributed by atoms with Crippen LogP contribution in [0.5, 0.6) is 0 Å². The molecule has 0 amide bonds. The van der Waals surface area contributed by atoms with Crippen LogP contribution < -0.4 is 5.56 Å². The fourth-order valence-electron chi connectivity index (χ4n) is 2.25. The quantitative estimate of drug-likeness (QED) is 0.744. The first-order valence-corrected chi connectivity index (χ1v) is 7.69. The van der Waals surface area contributed by atoms with Crippen LogP contribution in [-0.2, 0) is 6.54 Å². The molecule has 0 aliphatic carbocycles. The number of nitrogens with zero attached hydrogens (tertiary/aromatic N) is 4. The normalized spacial score (nSPS) is 11.9. The Morgan fingerprint density at radius 2 is 2.10 bits per heavy atom. The van der Waals surface area contributed by atoms with Crippen LogP contribution in [0.1, 0.15) is 11.3 Å². The molecular weight excluding hydrogens is 284 g/mol. The Bertz CT molecular complexity index is 879. The Hall–Kier alpha value is -1.79. The fourth-order valence-corrected chi connectivity index (χ4v) is 3.35. The predicted molar refractivity (Wildman–Crippen MR) is 87.2 cm³/mol. The molecule has 5 nitrogen and oxygen atoms in total. The molecule has 0 N–H and O–H groups in total. The van der Waals surface area contributed by atoms with Crippen molar-refractivity contribution in [3.05, 3.63) is 34.0 Å². The molecule has 0 spiro atoms. The lowest BCUT2D eigenvalue weighted by molar-refractivity contribution is 0.380. The van der Waals surface area contributed by atoms with Gasteiger partial charge in [-0.3, -0.25) is 9.36 Å². The zero-order valence-electron chi connectivity index (χ0n) is 12.7. The Morgan fingerprint density at radius 3 is 2.81 bits per heavy atom. The Morgan fingerprint density at radius 1 is 1.33 bits per heavy atom. The van der Waals surface area contributed by atoms with Crippen LogP contribution in [0.25, 0.3) is 20.4 Å². The van der Waals surface area contributed by atoms with Gasteiger partial charge < -0.3 is 4.90 Å². The number of fused-ring (bicyclic) bond motifs is 3. The summed E-state index contributed by atoms with van der Waals surface area (Å²) < 4.78 is 2.38. The average molecular weight is 302 g/mol. The highest BCUT2D eigenvalue weighted by Crippen LogP contribution is 2.30. The molecule has 3 rings (SSSR count). The molecule has 3 heterocycles. The number of hydrogen-bond donors (Lipinski definition) is 0. The highest BCUT2D eigenvalue weighted by atomic mass is 32.1. The van der Waals surface area contributed by atoms with Crippen molar-refractivity contribution < 1.29 is 0 Å². The van der Waals surface area contributed by atoms with Crippen LogP contribution in [0.2, 0.25) is 0 Å². The van der Waals surface area contributed by atoms with Crippen molar-refractivity contribution in [2.45, 2.75) is 20.4 Å². The molecular formula is C15H18N4OS. The predicted octanol–water partition coefficient (Wildman–Crippen LogP) is 2.18. The van der Waals surface area contributed by atoms with Crippen molar-refractivity contribution in [2.24, 2.45) is 0 Å². The maximum absolute atomic E-state index is 12.6. The van der Waals surface area contributed by atoms with E-state index in [1.165, 1.54) is 11.3 Å². The number of pyridine rings is 1. The third kappa shape index (κ3) is 2.45. The average Bonchev–Trinajstić information content (AvgIpc) is 2.77. The van der Waals surface area contributed by atoms with E-state index in [9.17, 15) is 4.79 Å². The van der Waals surface area contributed by atoms with Crippen molar-refractivity contribution >= 4 is 31.8 Å². The van der Waals surface area contributed by atoms with Crippen molar-refractivity contribution in [1.82, 2.24) is 19.4 Å². The van der Waals surface area contributed by atoms with Gasteiger partial charge in [-0.25, -0.2) is 9.97 Å². The van der Waals surface area contributed by atoms with Crippen molar-refractivity contribution in [3.63, 3.8) is 0 Å². The summed E-state index contributed by atoms with van der Waals surface area (Å²) in [6, 6.07) is 2.08. The van der Waals surface area contributed by atoms with Gasteiger partial charge in [0.25, 0.3) is 5.56 Å². The first kappa shape index (κ1) is 14.2. The molecule has 0 fully saturated rings. The smallest absolute Gasteiger partial charge is 0.271 e. The molecule has 0 unspecified atom stereocenters. The lowest BCUT2D eigenvalue weighted by Gasteiger charge is -2.10. The molecule has 0 saturated heterocycles. The molecule has 3 aromatic rings. The van der Waals surface area contributed by atoms with Crippen LogP contribution >= 0.6 is 11.3 Å². The molecule has 0 aliphatic rings. The summed E-state index contributed by atoms with van der Waals surface area (Å²) in [6.07, 6.45) is 1.65. The second-order valence-corrected chi connectivity index (χ2v) is 6.57. The third-order valence-corrected chi connectivity index (χ3v) is 4.75. The van der Waals surface area contributed by atoms with E-state index in [1.807, 2.05) is 27.9 Å². The maximum atomic E-state index is 12.6. The van der Waals surface area contributed by atoms with E-state index >= 15 is 0 Å². The number of thiophene rings is 1. The van der Waals surface area contributed by atoms with E-state index in [0.29, 0.717) is 11.2 Å². The van der Waals surface area contributed by atoms with E-state index in [0.717, 1.165) is 33.5 Å². The van der Waals surface area contributed by atoms with Gasteiger partial charge in [0, 0.05) is 24.2 Å². The zero-order chi connectivity index (χ0) is 15.1. The van der Waals surface area contributed by atoms with Gasteiger partial charge in [-0.15, -0.1) is 11.3 Å². The van der Waals surface area contributed by atoms with Gasteiger partial charge in [0.2, 0.25) is 0 Å². The van der Waals surface area contributed by atoms with Crippen LogP contribution in [-0.4, -0.2) is 40.1 Å². The topological polar surface area (TPSA) is 51.0 Å². The largest absolute Gasteiger partial charge is 0.308 e. The summed E-state index contributed by atoms with van der Waals surface area (Å²) in [6.45, 7) is 5.48. The van der Waals surface area contributed by atoms with Gasteiger partial charge in [-0.2, -0.15) is 0 Å². The Labute approximate surface area is 126 Å². The number of hydrogen-bond acceptors (Lipinski definition) is 5. The minimum atomic E-state index is 0.0279. The summed E-state index contributed by atoms with van der Waals surface area (Å²) >= 11 is 1.44. The molecule has 0 bridgehead atoms. The lowest BCUT2D eigenvalue weighted by Crippen LogP contribution is -2.26. The Kier molecular flexibility index (Phi) is 3.51. The van der Waals surface area contributed by atoms with Crippen molar-refractivity contribution in [2.75, 3.05) is 20.6 Å². The van der Waals surface area contributed by atoms with Gasteiger partial charge in [0.05, 0.1) is 11.8 Å². The maximum Gasteiger partial charge on any atom is 0.271 e. The van der Waals surface area contributed by atoms with E-state index < -0.39 is 0 Å². The first-order valence-electron chi connectivity index (χ1n) is 6.88. The Balaban J connectivity index is 2.20. The van der Waals surface area contributed by atoms with Crippen molar-refractivity contribution in [3.8, 4) is 0 Å². The monoisotopic (exact) mass is 302 g/mol. The SMILES string of the molecule is Cc1cc2c(nc1C)sc1c(=O)n(CCN(C)C)cnc12. The highest BCUT2D eigenvalue weighted by molar-refractivity contribution is 7.25. The molecule has 6 heteroatoms. The fraction of sp³-hybridized carbons (Fsp3) is 0.400. The highest BCUT2D eigenvalue weighted by Gasteiger charge is 2.13. The molecule has 110 valence electrons. The summed E-state index contributed by atoms with van der Waals surface area (Å²) in [5.41, 5.74) is 2.93. The van der Waals surface area contributed by atoms with Crippen molar-refractivity contribution in [1.29, 1.82) is 0 Å². The number of aryl methyl sites for hydroxylation is 2. The molecule has 21 heavy (non-hydrogen) atoms. The number of rotatable bonds is 3. The van der Waals surface area contributed by atoms with Gasteiger partial charge >= 0.3 is 0 Å². The molecule has 0 aromatic carbocycles. The van der Waals surface area contributed by atoms with E-state index in [-0.39, 0.29) is 5.56 Å². The zero-order valence-corrected chi connectivity index (χ0v) is 13.5. The van der Waals surface area contributed by atoms with Gasteiger partial charge in [0.1, 0.15) is 9.53 Å². The number of likely N-dealkylation sites (N-methyl/N-ethyl adjacent to an activating group) is 1. The van der Waals surface area contributed by atoms with E-state index in [4.69, 9.17) is 0 Å². The molecule has 0 atom stereocenters. The van der Waals surface area contributed by atoms with Gasteiger partial charge in [0.15, 0.2) is 0 Å². The van der Waals surface area contributed by atoms with Crippen LogP contribution in [0, 0.1) is 13.8 Å². The second kappa shape index (κ2) is 5.20. The first-order chi connectivity index (χ1) is 9.97. The molecule has 3 aromatic heterocycles. The molecule has 0 saturated carbocycles. The number of aromatic nitrogens is 3. The molecule has 0 aliphatic heterocycles. The summed E-state index contributed by atoms with van der Waals surface area (Å²) in [5, 5.41) is 0.981. The van der Waals surface area contributed by atoms with Crippen LogP contribution in [0.3, 0.4) is 0 Å². The van der Waals surface area contributed by atoms with Crippen LogP contribution in [0.15, 0.2) is 17.2 Å². The summed E-state index contributed by atoms with van der Waals surface area (Å²) in [7, 11) is 3.98. The third-order valence-electron chi connectivity index (χ3n) is 3.67. The standard InChI is InChI=1S/C15H18N4OS/c1-9-7-11-12-13(21-14(11)17-10(9)2)15(20)19(8-16-12)6-5-18(3)4/h7-8H,5-6H2,1-4H3.